The van der Waals surface area contributed by atoms with Gasteiger partial charge in [-0.1, -0.05) is 82.7 Å². The topological polar surface area (TPSA) is 59.9 Å². The van der Waals surface area contributed by atoms with Crippen molar-refractivity contribution in [2.75, 3.05) is 7.11 Å². The largest absolute Gasteiger partial charge is 0.496 e. The molecule has 0 heterocycles. The first-order valence-electron chi connectivity index (χ1n) is 11.4. The van der Waals surface area contributed by atoms with Gasteiger partial charge in [-0.2, -0.15) is 5.10 Å². The second-order valence-corrected chi connectivity index (χ2v) is 9.13. The van der Waals surface area contributed by atoms with Gasteiger partial charge in [0.05, 0.1) is 18.9 Å². The zero-order valence-corrected chi connectivity index (χ0v) is 21.2. The number of ether oxygens (including phenoxy) is 2. The summed E-state index contributed by atoms with van der Waals surface area (Å²) in [6.07, 6.45) is 1.63. The summed E-state index contributed by atoms with van der Waals surface area (Å²) in [4.78, 5) is 13.0. The maximum absolute atomic E-state index is 13.0. The highest BCUT2D eigenvalue weighted by Crippen LogP contribution is 2.28. The average Bonchev–Trinajstić information content (AvgIpc) is 2.92. The molecule has 5 aromatic rings. The molecule has 0 aliphatic rings. The van der Waals surface area contributed by atoms with Gasteiger partial charge in [-0.25, -0.2) is 5.43 Å². The summed E-state index contributed by atoms with van der Waals surface area (Å²) in [6, 6.07) is 31.4. The SMILES string of the molecule is COc1cc2ccccc2cc1C(=O)N/N=C\c1c(OCc2ccc(Br)cc2)ccc2ccccc12. The molecule has 178 valence electrons. The zero-order chi connectivity index (χ0) is 24.9. The van der Waals surface area contributed by atoms with Gasteiger partial charge < -0.3 is 9.47 Å². The number of hydrogen-bond acceptors (Lipinski definition) is 4. The van der Waals surface area contributed by atoms with E-state index in [9.17, 15) is 4.79 Å². The van der Waals surface area contributed by atoms with E-state index in [1.807, 2.05) is 97.1 Å². The van der Waals surface area contributed by atoms with Gasteiger partial charge in [0.1, 0.15) is 18.1 Å². The van der Waals surface area contributed by atoms with Crippen LogP contribution in [0.2, 0.25) is 0 Å². The Labute approximate surface area is 217 Å². The first-order chi connectivity index (χ1) is 17.6. The van der Waals surface area contributed by atoms with E-state index in [4.69, 9.17) is 9.47 Å². The van der Waals surface area contributed by atoms with Gasteiger partial charge in [-0.15, -0.1) is 0 Å². The van der Waals surface area contributed by atoms with Gasteiger partial charge in [0.25, 0.3) is 5.91 Å². The fourth-order valence-corrected chi connectivity index (χ4v) is 4.32. The van der Waals surface area contributed by atoms with Gasteiger partial charge in [-0.3, -0.25) is 4.79 Å². The van der Waals surface area contributed by atoms with E-state index in [2.05, 4.69) is 26.5 Å². The fraction of sp³-hybridized carbons (Fsp3) is 0.0667. The van der Waals surface area contributed by atoms with E-state index in [1.54, 1.807) is 13.3 Å². The van der Waals surface area contributed by atoms with Crippen LogP contribution in [0.4, 0.5) is 0 Å². The summed E-state index contributed by atoms with van der Waals surface area (Å²) < 4.78 is 12.6. The molecule has 1 amide bonds. The molecule has 0 radical (unpaired) electrons. The molecule has 0 aliphatic heterocycles. The summed E-state index contributed by atoms with van der Waals surface area (Å²) in [7, 11) is 1.55. The molecule has 0 aromatic heterocycles. The van der Waals surface area contributed by atoms with Crippen LogP contribution in [0.5, 0.6) is 11.5 Å². The fourth-order valence-electron chi connectivity index (χ4n) is 4.06. The minimum atomic E-state index is -0.355. The third-order valence-corrected chi connectivity index (χ3v) is 6.44. The number of nitrogens with one attached hydrogen (secondary N) is 1. The lowest BCUT2D eigenvalue weighted by molar-refractivity contribution is 0.0952. The molecular formula is C30H23BrN2O3. The second kappa shape index (κ2) is 10.6. The van der Waals surface area contributed by atoms with Crippen molar-refractivity contribution in [3.63, 3.8) is 0 Å². The van der Waals surface area contributed by atoms with Crippen molar-refractivity contribution in [3.8, 4) is 11.5 Å². The third-order valence-electron chi connectivity index (χ3n) is 5.91. The zero-order valence-electron chi connectivity index (χ0n) is 19.6. The molecule has 0 saturated carbocycles. The maximum Gasteiger partial charge on any atom is 0.275 e. The van der Waals surface area contributed by atoms with E-state index in [1.165, 1.54) is 0 Å². The smallest absolute Gasteiger partial charge is 0.275 e. The van der Waals surface area contributed by atoms with E-state index in [0.717, 1.165) is 37.1 Å². The van der Waals surface area contributed by atoms with Crippen molar-refractivity contribution in [3.05, 3.63) is 118 Å². The van der Waals surface area contributed by atoms with Crippen LogP contribution >= 0.6 is 15.9 Å². The Hall–Kier alpha value is -4.16. The number of halogens is 1. The molecule has 0 fully saturated rings. The molecule has 0 bridgehead atoms. The summed E-state index contributed by atoms with van der Waals surface area (Å²) >= 11 is 3.46. The molecule has 0 saturated heterocycles. The van der Waals surface area contributed by atoms with Crippen molar-refractivity contribution >= 4 is 49.6 Å². The number of benzene rings is 5. The van der Waals surface area contributed by atoms with Crippen LogP contribution in [0.1, 0.15) is 21.5 Å². The van der Waals surface area contributed by atoms with Crippen LogP contribution in [-0.4, -0.2) is 19.2 Å². The van der Waals surface area contributed by atoms with Crippen LogP contribution in [0.3, 0.4) is 0 Å². The predicted molar refractivity (Wildman–Crippen MR) is 148 cm³/mol. The van der Waals surface area contributed by atoms with E-state index >= 15 is 0 Å². The lowest BCUT2D eigenvalue weighted by Gasteiger charge is -2.12. The van der Waals surface area contributed by atoms with Crippen LogP contribution in [0.25, 0.3) is 21.5 Å². The standard InChI is InChI=1S/C30H23BrN2O3/c1-35-29-17-23-8-3-2-7-22(23)16-26(29)30(34)33-32-18-27-25-9-5-4-6-21(25)12-15-28(27)36-19-20-10-13-24(31)14-11-20/h2-18H,19H2,1H3,(H,33,34)/b32-18-. The maximum atomic E-state index is 13.0. The van der Waals surface area contributed by atoms with Crippen LogP contribution < -0.4 is 14.9 Å². The number of amides is 1. The Balaban J connectivity index is 1.42. The first-order valence-corrected chi connectivity index (χ1v) is 12.2. The number of hydrogen-bond donors (Lipinski definition) is 1. The van der Waals surface area contributed by atoms with Crippen LogP contribution in [-0.2, 0) is 6.61 Å². The Morgan fingerprint density at radius 2 is 1.56 bits per heavy atom. The number of nitrogens with zero attached hydrogens (tertiary/aromatic N) is 1. The molecule has 0 aliphatic carbocycles. The Morgan fingerprint density at radius 1 is 0.861 bits per heavy atom. The van der Waals surface area contributed by atoms with Crippen LogP contribution in [0, 0.1) is 0 Å². The Bertz CT molecular complexity index is 1580. The van der Waals surface area contributed by atoms with Crippen molar-refractivity contribution in [2.45, 2.75) is 6.61 Å². The first kappa shape index (κ1) is 23.6. The highest BCUT2D eigenvalue weighted by Gasteiger charge is 2.14. The molecule has 36 heavy (non-hydrogen) atoms. The lowest BCUT2D eigenvalue weighted by atomic mass is 10.0. The highest BCUT2D eigenvalue weighted by molar-refractivity contribution is 9.10. The summed E-state index contributed by atoms with van der Waals surface area (Å²) in [5.41, 5.74) is 4.90. The monoisotopic (exact) mass is 538 g/mol. The molecule has 5 aromatic carbocycles. The predicted octanol–water partition coefficient (Wildman–Crippen LogP) is 7.11. The molecule has 6 heteroatoms. The normalized spacial score (nSPS) is 11.2. The number of carbonyl (C=O) groups is 1. The molecular weight excluding hydrogens is 516 g/mol. The summed E-state index contributed by atoms with van der Waals surface area (Å²) in [5, 5.41) is 8.26. The van der Waals surface area contributed by atoms with Gasteiger partial charge in [-0.05, 0) is 57.4 Å². The van der Waals surface area contributed by atoms with Crippen molar-refractivity contribution < 1.29 is 14.3 Å². The Kier molecular flexibility index (Phi) is 6.96. The average molecular weight is 539 g/mol. The van der Waals surface area contributed by atoms with Crippen LogP contribution in [0.15, 0.2) is 107 Å². The van der Waals surface area contributed by atoms with Crippen molar-refractivity contribution in [1.82, 2.24) is 5.43 Å². The lowest BCUT2D eigenvalue weighted by Crippen LogP contribution is -2.18. The quantitative estimate of drug-likeness (QED) is 0.177. The third kappa shape index (κ3) is 5.09. The van der Waals surface area contributed by atoms with E-state index < -0.39 is 0 Å². The molecule has 0 unspecified atom stereocenters. The minimum absolute atomic E-state index is 0.355. The van der Waals surface area contributed by atoms with Gasteiger partial charge in [0, 0.05) is 10.0 Å². The van der Waals surface area contributed by atoms with Gasteiger partial charge in [0.15, 0.2) is 0 Å². The van der Waals surface area contributed by atoms with Gasteiger partial charge >= 0.3 is 0 Å². The molecule has 5 nitrogen and oxygen atoms in total. The molecule has 5 rings (SSSR count). The second-order valence-electron chi connectivity index (χ2n) is 8.21. The van der Waals surface area contributed by atoms with Crippen molar-refractivity contribution in [1.29, 1.82) is 0 Å². The molecule has 0 atom stereocenters. The summed E-state index contributed by atoms with van der Waals surface area (Å²) in [6.45, 7) is 0.410. The number of rotatable bonds is 7. The minimum Gasteiger partial charge on any atom is -0.496 e. The van der Waals surface area contributed by atoms with Gasteiger partial charge in [0.2, 0.25) is 0 Å². The Morgan fingerprint density at radius 3 is 2.31 bits per heavy atom. The number of fused-ring (bicyclic) bond motifs is 2. The highest BCUT2D eigenvalue weighted by atomic mass is 79.9. The van der Waals surface area contributed by atoms with Crippen molar-refractivity contribution in [2.24, 2.45) is 5.10 Å². The number of carbonyl (C=O) groups excluding carboxylic acids is 1. The van der Waals surface area contributed by atoms with E-state index in [0.29, 0.717) is 23.7 Å². The number of methoxy groups -OCH3 is 1. The van der Waals surface area contributed by atoms with E-state index in [-0.39, 0.29) is 5.91 Å². The number of hydrazone groups is 1. The summed E-state index contributed by atoms with van der Waals surface area (Å²) in [5.74, 6) is 0.814. The molecule has 0 spiro atoms. The molecule has 1 N–H and O–H groups in total.